The molecule has 2 aromatic rings. The lowest BCUT2D eigenvalue weighted by molar-refractivity contribution is -0.173. The van der Waals surface area contributed by atoms with Crippen LogP contribution in [-0.4, -0.2) is 16.4 Å². The lowest BCUT2D eigenvalue weighted by Gasteiger charge is -2.33. The van der Waals surface area contributed by atoms with Gasteiger partial charge in [-0.25, -0.2) is 0 Å². The zero-order valence-corrected chi connectivity index (χ0v) is 10.6. The van der Waals surface area contributed by atoms with Gasteiger partial charge in [0.2, 0.25) is 0 Å². The standard InChI is InChI=1S/C15H13F3O2/c1-14(15(16,17)18,10-2-6-12(19)7-3-10)11-4-8-13(20)9-5-11/h2-9,19-20H,1H3. The van der Waals surface area contributed by atoms with Gasteiger partial charge in [-0.15, -0.1) is 0 Å². The maximum Gasteiger partial charge on any atom is 0.402 e. The molecule has 0 saturated carbocycles. The summed E-state index contributed by atoms with van der Waals surface area (Å²) in [6.45, 7) is 1.08. The molecule has 0 bridgehead atoms. The molecule has 106 valence electrons. The second-order valence-electron chi connectivity index (χ2n) is 4.72. The third-order valence-electron chi connectivity index (χ3n) is 3.46. The zero-order chi connectivity index (χ0) is 15.0. The Morgan fingerprint density at radius 2 is 1.00 bits per heavy atom. The SMILES string of the molecule is CC(c1ccc(O)cc1)(c1ccc(O)cc1)C(F)(F)F. The van der Waals surface area contributed by atoms with E-state index in [1.165, 1.54) is 48.5 Å². The molecule has 2 aromatic carbocycles. The first-order valence-corrected chi connectivity index (χ1v) is 5.91. The summed E-state index contributed by atoms with van der Waals surface area (Å²) in [5.74, 6) is -0.187. The molecule has 0 amide bonds. The van der Waals surface area contributed by atoms with E-state index in [4.69, 9.17) is 0 Å². The van der Waals surface area contributed by atoms with Crippen LogP contribution in [0.15, 0.2) is 48.5 Å². The van der Waals surface area contributed by atoms with E-state index in [0.29, 0.717) is 0 Å². The normalized spacial score (nSPS) is 12.4. The molecule has 0 aromatic heterocycles. The van der Waals surface area contributed by atoms with Crippen LogP contribution in [0.2, 0.25) is 0 Å². The predicted molar refractivity (Wildman–Crippen MR) is 68.7 cm³/mol. The Hall–Kier alpha value is -2.17. The van der Waals surface area contributed by atoms with Gasteiger partial charge in [0.25, 0.3) is 0 Å². The van der Waals surface area contributed by atoms with Crippen LogP contribution in [0.1, 0.15) is 18.1 Å². The van der Waals surface area contributed by atoms with E-state index in [1.807, 2.05) is 0 Å². The second kappa shape index (κ2) is 4.74. The summed E-state index contributed by atoms with van der Waals surface area (Å²) in [6, 6.07) is 9.87. The minimum atomic E-state index is -4.51. The molecular weight excluding hydrogens is 269 g/mol. The highest BCUT2D eigenvalue weighted by Crippen LogP contribution is 2.46. The summed E-state index contributed by atoms with van der Waals surface area (Å²) in [7, 11) is 0. The highest BCUT2D eigenvalue weighted by Gasteiger charge is 2.53. The van der Waals surface area contributed by atoms with Crippen molar-refractivity contribution >= 4 is 0 Å². The molecule has 0 saturated heterocycles. The predicted octanol–water partition coefficient (Wildman–Crippen LogP) is 3.97. The molecule has 0 aliphatic heterocycles. The Labute approximate surface area is 114 Å². The highest BCUT2D eigenvalue weighted by molar-refractivity contribution is 5.43. The summed E-state index contributed by atoms with van der Waals surface area (Å²) < 4.78 is 40.7. The molecule has 0 aliphatic carbocycles. The molecule has 5 heteroatoms. The van der Waals surface area contributed by atoms with Gasteiger partial charge in [-0.3, -0.25) is 0 Å². The third kappa shape index (κ3) is 2.31. The van der Waals surface area contributed by atoms with E-state index >= 15 is 0 Å². The van der Waals surface area contributed by atoms with E-state index in [-0.39, 0.29) is 22.6 Å². The number of alkyl halides is 3. The first-order chi connectivity index (χ1) is 9.25. The van der Waals surface area contributed by atoms with Crippen molar-refractivity contribution in [3.8, 4) is 11.5 Å². The van der Waals surface area contributed by atoms with Crippen molar-refractivity contribution in [3.05, 3.63) is 59.7 Å². The average molecular weight is 282 g/mol. The molecule has 0 heterocycles. The summed E-state index contributed by atoms with van der Waals surface area (Å²) in [6.07, 6.45) is -4.51. The van der Waals surface area contributed by atoms with Crippen molar-refractivity contribution in [1.29, 1.82) is 0 Å². The maximum absolute atomic E-state index is 13.6. The smallest absolute Gasteiger partial charge is 0.402 e. The summed E-state index contributed by atoms with van der Waals surface area (Å²) >= 11 is 0. The first kappa shape index (κ1) is 14.2. The molecule has 0 atom stereocenters. The van der Waals surface area contributed by atoms with Crippen molar-refractivity contribution in [2.24, 2.45) is 0 Å². The van der Waals surface area contributed by atoms with Crippen molar-refractivity contribution < 1.29 is 23.4 Å². The fraction of sp³-hybridized carbons (Fsp3) is 0.200. The first-order valence-electron chi connectivity index (χ1n) is 5.91. The quantitative estimate of drug-likeness (QED) is 0.875. The van der Waals surface area contributed by atoms with Crippen LogP contribution in [0.3, 0.4) is 0 Å². The topological polar surface area (TPSA) is 40.5 Å². The van der Waals surface area contributed by atoms with Crippen LogP contribution < -0.4 is 0 Å². The third-order valence-corrected chi connectivity index (χ3v) is 3.46. The number of phenols is 2. The highest BCUT2D eigenvalue weighted by atomic mass is 19.4. The van der Waals surface area contributed by atoms with E-state index in [1.54, 1.807) is 0 Å². The monoisotopic (exact) mass is 282 g/mol. The Kier molecular flexibility index (Phi) is 3.38. The van der Waals surface area contributed by atoms with Gasteiger partial charge in [-0.2, -0.15) is 13.2 Å². The number of aromatic hydroxyl groups is 2. The molecule has 0 spiro atoms. The van der Waals surface area contributed by atoms with Crippen molar-refractivity contribution in [2.45, 2.75) is 18.5 Å². The van der Waals surface area contributed by atoms with Gasteiger partial charge < -0.3 is 10.2 Å². The van der Waals surface area contributed by atoms with E-state index in [2.05, 4.69) is 0 Å². The Balaban J connectivity index is 2.62. The van der Waals surface area contributed by atoms with Gasteiger partial charge in [0, 0.05) is 0 Å². The number of halogens is 3. The van der Waals surface area contributed by atoms with Gasteiger partial charge in [0.15, 0.2) is 0 Å². The summed E-state index contributed by atoms with van der Waals surface area (Å²) in [5.41, 5.74) is -2.17. The molecule has 2 N–H and O–H groups in total. The molecule has 2 nitrogen and oxygen atoms in total. The van der Waals surface area contributed by atoms with Crippen LogP contribution in [0, 0.1) is 0 Å². The second-order valence-corrected chi connectivity index (χ2v) is 4.72. The number of phenolic OH excluding ortho intramolecular Hbond substituents is 2. The van der Waals surface area contributed by atoms with Crippen molar-refractivity contribution in [3.63, 3.8) is 0 Å². The minimum absolute atomic E-state index is 0.0217. The molecule has 0 unspecified atom stereocenters. The van der Waals surface area contributed by atoms with Crippen molar-refractivity contribution in [1.82, 2.24) is 0 Å². The minimum Gasteiger partial charge on any atom is -0.508 e. The molecule has 0 radical (unpaired) electrons. The molecule has 0 fully saturated rings. The van der Waals surface area contributed by atoms with Gasteiger partial charge >= 0.3 is 6.18 Å². The van der Waals surface area contributed by atoms with E-state index in [9.17, 15) is 23.4 Å². The maximum atomic E-state index is 13.6. The molecular formula is C15H13F3O2. The lowest BCUT2D eigenvalue weighted by atomic mass is 9.75. The Morgan fingerprint density at radius 3 is 1.25 bits per heavy atom. The Morgan fingerprint density at radius 1 is 0.700 bits per heavy atom. The van der Waals surface area contributed by atoms with Gasteiger partial charge in [0.1, 0.15) is 16.9 Å². The zero-order valence-electron chi connectivity index (χ0n) is 10.6. The van der Waals surface area contributed by atoms with Gasteiger partial charge in [0.05, 0.1) is 0 Å². The van der Waals surface area contributed by atoms with Crippen LogP contribution >= 0.6 is 0 Å². The molecule has 20 heavy (non-hydrogen) atoms. The van der Waals surface area contributed by atoms with Crippen LogP contribution in [0.25, 0.3) is 0 Å². The lowest BCUT2D eigenvalue weighted by Crippen LogP contribution is -2.40. The fourth-order valence-corrected chi connectivity index (χ4v) is 2.08. The van der Waals surface area contributed by atoms with Gasteiger partial charge in [-0.1, -0.05) is 24.3 Å². The van der Waals surface area contributed by atoms with E-state index < -0.39 is 11.6 Å². The van der Waals surface area contributed by atoms with Gasteiger partial charge in [-0.05, 0) is 42.3 Å². The average Bonchev–Trinajstić information content (AvgIpc) is 2.38. The Bertz CT molecular complexity index is 541. The van der Waals surface area contributed by atoms with Crippen LogP contribution in [0.5, 0.6) is 11.5 Å². The fourth-order valence-electron chi connectivity index (χ4n) is 2.08. The number of benzene rings is 2. The number of hydrogen-bond acceptors (Lipinski definition) is 2. The van der Waals surface area contributed by atoms with Crippen LogP contribution in [0.4, 0.5) is 13.2 Å². The van der Waals surface area contributed by atoms with Crippen molar-refractivity contribution in [2.75, 3.05) is 0 Å². The number of hydrogen-bond donors (Lipinski definition) is 2. The number of rotatable bonds is 2. The summed E-state index contributed by atoms with van der Waals surface area (Å²) in [5, 5.41) is 18.4. The largest absolute Gasteiger partial charge is 0.508 e. The summed E-state index contributed by atoms with van der Waals surface area (Å²) in [4.78, 5) is 0. The molecule has 0 aliphatic rings. The van der Waals surface area contributed by atoms with E-state index in [0.717, 1.165) is 6.92 Å². The molecule has 2 rings (SSSR count). The van der Waals surface area contributed by atoms with Crippen LogP contribution in [-0.2, 0) is 5.41 Å².